The molecule has 0 bridgehead atoms. The van der Waals surface area contributed by atoms with Crippen molar-refractivity contribution in [1.82, 2.24) is 5.32 Å². The number of carbonyl (C=O) groups excluding carboxylic acids is 2. The van der Waals surface area contributed by atoms with Gasteiger partial charge in [-0.3, -0.25) is 9.59 Å². The lowest BCUT2D eigenvalue weighted by molar-refractivity contribution is -0.117. The number of anilines is 2. The number of ether oxygens (including phenoxy) is 1. The molecule has 1 heterocycles. The zero-order valence-electron chi connectivity index (χ0n) is 13.5. The first-order chi connectivity index (χ1) is 11.6. The van der Waals surface area contributed by atoms with Gasteiger partial charge in [-0.1, -0.05) is 0 Å². The number of rotatable bonds is 6. The lowest BCUT2D eigenvalue weighted by Crippen LogP contribution is -2.32. The van der Waals surface area contributed by atoms with Crippen LogP contribution >= 0.6 is 0 Å². The normalized spacial score (nSPS) is 17.0. The van der Waals surface area contributed by atoms with Crippen LogP contribution in [0.1, 0.15) is 19.8 Å². The Morgan fingerprint density at radius 1 is 1.33 bits per heavy atom. The number of nitriles is 1. The third-order valence-electron chi connectivity index (χ3n) is 3.47. The van der Waals surface area contributed by atoms with E-state index in [1.54, 1.807) is 24.3 Å². The molecule has 1 fully saturated rings. The molecular weight excluding hydrogens is 308 g/mol. The maximum Gasteiger partial charge on any atom is 0.263 e. The van der Waals surface area contributed by atoms with E-state index in [-0.39, 0.29) is 17.6 Å². The molecule has 0 spiro atoms. The molecule has 1 saturated heterocycles. The predicted octanol–water partition coefficient (Wildman–Crippen LogP) is 1.76. The van der Waals surface area contributed by atoms with Crippen molar-refractivity contribution in [3.05, 3.63) is 36.0 Å². The minimum absolute atomic E-state index is 0.0149. The Morgan fingerprint density at radius 3 is 2.62 bits per heavy atom. The second-order valence-electron chi connectivity index (χ2n) is 5.42. The Bertz CT molecular complexity index is 655. The molecular formula is C17H20N4O3. The summed E-state index contributed by atoms with van der Waals surface area (Å²) >= 11 is 0. The molecule has 1 aromatic rings. The predicted molar refractivity (Wildman–Crippen MR) is 90.0 cm³/mol. The molecule has 1 atom stereocenters. The molecule has 7 nitrogen and oxygen atoms in total. The lowest BCUT2D eigenvalue weighted by Gasteiger charge is -2.10. The van der Waals surface area contributed by atoms with E-state index in [0.717, 1.165) is 19.4 Å². The Hall–Kier alpha value is -2.85. The van der Waals surface area contributed by atoms with Crippen molar-refractivity contribution < 1.29 is 14.3 Å². The van der Waals surface area contributed by atoms with E-state index in [9.17, 15) is 9.59 Å². The molecule has 0 radical (unpaired) electrons. The van der Waals surface area contributed by atoms with E-state index in [0.29, 0.717) is 17.9 Å². The van der Waals surface area contributed by atoms with E-state index in [1.807, 2.05) is 6.07 Å². The fraction of sp³-hybridized carbons (Fsp3) is 0.353. The quantitative estimate of drug-likeness (QED) is 0.545. The second kappa shape index (κ2) is 8.70. The summed E-state index contributed by atoms with van der Waals surface area (Å²) in [6.45, 7) is 2.56. The number of carbonyl (C=O) groups is 2. The van der Waals surface area contributed by atoms with Crippen molar-refractivity contribution in [2.75, 3.05) is 23.8 Å². The van der Waals surface area contributed by atoms with E-state index < -0.39 is 5.91 Å². The minimum Gasteiger partial charge on any atom is -0.376 e. The van der Waals surface area contributed by atoms with Crippen molar-refractivity contribution in [3.63, 3.8) is 0 Å². The van der Waals surface area contributed by atoms with Crippen LogP contribution in [-0.4, -0.2) is 31.1 Å². The summed E-state index contributed by atoms with van der Waals surface area (Å²) in [6.07, 6.45) is 3.31. The molecule has 2 rings (SSSR count). The zero-order valence-corrected chi connectivity index (χ0v) is 13.5. The largest absolute Gasteiger partial charge is 0.376 e. The van der Waals surface area contributed by atoms with Crippen LogP contribution in [0.15, 0.2) is 36.0 Å². The Kier molecular flexibility index (Phi) is 6.34. The van der Waals surface area contributed by atoms with E-state index in [1.165, 1.54) is 13.1 Å². The highest BCUT2D eigenvalue weighted by atomic mass is 16.5. The van der Waals surface area contributed by atoms with E-state index in [4.69, 9.17) is 10.00 Å². The monoisotopic (exact) mass is 328 g/mol. The first kappa shape index (κ1) is 17.5. The highest BCUT2D eigenvalue weighted by molar-refractivity contribution is 5.97. The molecule has 1 aliphatic heterocycles. The van der Waals surface area contributed by atoms with Crippen LogP contribution in [0.2, 0.25) is 0 Å². The minimum atomic E-state index is -0.435. The Balaban J connectivity index is 1.88. The third kappa shape index (κ3) is 5.41. The smallest absolute Gasteiger partial charge is 0.263 e. The molecule has 0 aromatic heterocycles. The molecule has 3 N–H and O–H groups in total. The SMILES string of the molecule is CC(=O)Nc1ccc(N/C=C(/C#N)C(=O)NCC2CCCO2)cc1. The summed E-state index contributed by atoms with van der Waals surface area (Å²) < 4.78 is 5.42. The van der Waals surface area contributed by atoms with Gasteiger partial charge in [-0.25, -0.2) is 0 Å². The van der Waals surface area contributed by atoms with Crippen LogP contribution in [0, 0.1) is 11.3 Å². The molecule has 0 aliphatic carbocycles. The fourth-order valence-corrected chi connectivity index (χ4v) is 2.26. The van der Waals surface area contributed by atoms with Gasteiger partial charge in [0.2, 0.25) is 5.91 Å². The number of nitrogens with zero attached hydrogens (tertiary/aromatic N) is 1. The maximum atomic E-state index is 12.0. The summed E-state index contributed by atoms with van der Waals surface area (Å²) in [7, 11) is 0. The Labute approximate surface area is 140 Å². The standard InChI is InChI=1S/C17H20N4O3/c1-12(22)21-15-6-4-14(5-7-15)19-10-13(9-18)17(23)20-11-16-3-2-8-24-16/h4-7,10,16,19H,2-3,8,11H2,1H3,(H,20,23)(H,21,22)/b13-10-. The number of hydrogen-bond acceptors (Lipinski definition) is 5. The van der Waals surface area contributed by atoms with Gasteiger partial charge in [-0.2, -0.15) is 5.26 Å². The lowest BCUT2D eigenvalue weighted by atomic mass is 10.2. The number of hydrogen-bond donors (Lipinski definition) is 3. The zero-order chi connectivity index (χ0) is 17.4. The third-order valence-corrected chi connectivity index (χ3v) is 3.47. The van der Waals surface area contributed by atoms with Crippen LogP contribution in [-0.2, 0) is 14.3 Å². The first-order valence-electron chi connectivity index (χ1n) is 7.72. The van der Waals surface area contributed by atoms with Crippen LogP contribution in [0.4, 0.5) is 11.4 Å². The number of amides is 2. The van der Waals surface area contributed by atoms with Crippen molar-refractivity contribution in [1.29, 1.82) is 5.26 Å². The molecule has 1 unspecified atom stereocenters. The summed E-state index contributed by atoms with van der Waals surface area (Å²) in [4.78, 5) is 22.9. The first-order valence-corrected chi connectivity index (χ1v) is 7.72. The van der Waals surface area contributed by atoms with Crippen LogP contribution in [0.5, 0.6) is 0 Å². The van der Waals surface area contributed by atoms with Gasteiger partial charge in [0.1, 0.15) is 11.6 Å². The van der Waals surface area contributed by atoms with Gasteiger partial charge in [0, 0.05) is 37.7 Å². The molecule has 1 aliphatic rings. The summed E-state index contributed by atoms with van der Waals surface area (Å²) in [6, 6.07) is 8.79. The average Bonchev–Trinajstić information content (AvgIpc) is 3.08. The van der Waals surface area contributed by atoms with Crippen molar-refractivity contribution in [2.45, 2.75) is 25.9 Å². The molecule has 126 valence electrons. The number of nitrogens with one attached hydrogen (secondary N) is 3. The summed E-state index contributed by atoms with van der Waals surface area (Å²) in [5.41, 5.74) is 1.36. The summed E-state index contributed by atoms with van der Waals surface area (Å²) in [5, 5.41) is 17.4. The molecule has 24 heavy (non-hydrogen) atoms. The second-order valence-corrected chi connectivity index (χ2v) is 5.42. The van der Waals surface area contributed by atoms with Gasteiger partial charge < -0.3 is 20.7 Å². The van der Waals surface area contributed by atoms with Gasteiger partial charge in [0.25, 0.3) is 5.91 Å². The number of benzene rings is 1. The maximum absolute atomic E-state index is 12.0. The fourth-order valence-electron chi connectivity index (χ4n) is 2.26. The van der Waals surface area contributed by atoms with Gasteiger partial charge in [0.05, 0.1) is 6.10 Å². The van der Waals surface area contributed by atoms with Gasteiger partial charge in [-0.15, -0.1) is 0 Å². The van der Waals surface area contributed by atoms with Crippen molar-refractivity contribution in [3.8, 4) is 6.07 Å². The molecule has 1 aromatic carbocycles. The van der Waals surface area contributed by atoms with E-state index >= 15 is 0 Å². The van der Waals surface area contributed by atoms with Crippen molar-refractivity contribution >= 4 is 23.2 Å². The average molecular weight is 328 g/mol. The molecule has 0 saturated carbocycles. The van der Waals surface area contributed by atoms with Gasteiger partial charge >= 0.3 is 0 Å². The van der Waals surface area contributed by atoms with Crippen molar-refractivity contribution in [2.24, 2.45) is 0 Å². The highest BCUT2D eigenvalue weighted by Gasteiger charge is 2.17. The van der Waals surface area contributed by atoms with Crippen LogP contribution in [0.3, 0.4) is 0 Å². The van der Waals surface area contributed by atoms with Gasteiger partial charge in [0.15, 0.2) is 0 Å². The summed E-state index contributed by atoms with van der Waals surface area (Å²) in [5.74, 6) is -0.583. The topological polar surface area (TPSA) is 103 Å². The molecule has 2 amide bonds. The highest BCUT2D eigenvalue weighted by Crippen LogP contribution is 2.14. The van der Waals surface area contributed by atoms with E-state index in [2.05, 4.69) is 16.0 Å². The molecule has 7 heteroatoms. The Morgan fingerprint density at radius 2 is 2.04 bits per heavy atom. The van der Waals surface area contributed by atoms with Crippen LogP contribution < -0.4 is 16.0 Å². The van der Waals surface area contributed by atoms with Gasteiger partial charge in [-0.05, 0) is 37.1 Å². The van der Waals surface area contributed by atoms with Crippen LogP contribution in [0.25, 0.3) is 0 Å².